The van der Waals surface area contributed by atoms with Gasteiger partial charge in [-0.05, 0) is 17.7 Å². The number of hydrogen-bond donors (Lipinski definition) is 1. The van der Waals surface area contributed by atoms with Crippen molar-refractivity contribution >= 4 is 0 Å². The summed E-state index contributed by atoms with van der Waals surface area (Å²) in [7, 11) is 1.74. The van der Waals surface area contributed by atoms with Gasteiger partial charge in [0.15, 0.2) is 0 Å². The third-order valence-corrected chi connectivity index (χ3v) is 2.39. The number of halogens is 2. The molecule has 1 aromatic carbocycles. The molecule has 4 nitrogen and oxygen atoms in total. The van der Waals surface area contributed by atoms with Gasteiger partial charge in [0.2, 0.25) is 0 Å². The summed E-state index contributed by atoms with van der Waals surface area (Å²) in [6.07, 6.45) is 2.10. The van der Waals surface area contributed by atoms with Crippen LogP contribution in [-0.4, -0.2) is 15.0 Å². The van der Waals surface area contributed by atoms with Crippen LogP contribution in [-0.2, 0) is 13.5 Å². The Labute approximate surface area is 97.0 Å². The van der Waals surface area contributed by atoms with Crippen molar-refractivity contribution in [2.24, 2.45) is 12.8 Å². The molecular weight excluding hydrogens is 226 g/mol. The molecule has 2 aromatic rings. The van der Waals surface area contributed by atoms with Gasteiger partial charge in [-0.2, -0.15) is 0 Å². The predicted octanol–water partition coefficient (Wildman–Crippen LogP) is 1.34. The highest BCUT2D eigenvalue weighted by atomic mass is 19.1. The summed E-state index contributed by atoms with van der Waals surface area (Å²) in [4.78, 5) is 0. The number of aromatic nitrogens is 3. The van der Waals surface area contributed by atoms with Crippen LogP contribution in [0.4, 0.5) is 8.78 Å². The van der Waals surface area contributed by atoms with E-state index in [2.05, 4.69) is 10.3 Å². The normalized spacial score (nSPS) is 12.7. The van der Waals surface area contributed by atoms with Crippen LogP contribution in [0.15, 0.2) is 24.4 Å². The molecule has 0 aliphatic carbocycles. The second kappa shape index (κ2) is 4.58. The van der Waals surface area contributed by atoms with Gasteiger partial charge < -0.3 is 5.73 Å². The van der Waals surface area contributed by atoms with Gasteiger partial charge >= 0.3 is 0 Å². The standard InChI is InChI=1S/C11H12F2N4/c1-17-6-10(15-16-17)5-11(14)7-2-8(12)4-9(13)3-7/h2-4,6,11H,5,14H2,1H3. The molecule has 1 unspecified atom stereocenters. The number of nitrogens with two attached hydrogens (primary N) is 1. The Bertz CT molecular complexity index is 504. The minimum Gasteiger partial charge on any atom is -0.324 e. The van der Waals surface area contributed by atoms with E-state index in [9.17, 15) is 8.78 Å². The fourth-order valence-corrected chi connectivity index (χ4v) is 1.62. The predicted molar refractivity (Wildman–Crippen MR) is 58.0 cm³/mol. The minimum atomic E-state index is -0.630. The van der Waals surface area contributed by atoms with Crippen LogP contribution in [0.1, 0.15) is 17.3 Å². The summed E-state index contributed by atoms with van der Waals surface area (Å²) in [6, 6.07) is 2.77. The largest absolute Gasteiger partial charge is 0.324 e. The molecule has 0 radical (unpaired) electrons. The van der Waals surface area contributed by atoms with Gasteiger partial charge in [0, 0.05) is 31.8 Å². The van der Waals surface area contributed by atoms with Crippen molar-refractivity contribution in [3.8, 4) is 0 Å². The molecule has 0 spiro atoms. The molecule has 2 rings (SSSR count). The maximum absolute atomic E-state index is 13.0. The molecule has 2 N–H and O–H groups in total. The van der Waals surface area contributed by atoms with Gasteiger partial charge in [-0.25, -0.2) is 8.78 Å². The van der Waals surface area contributed by atoms with Crippen molar-refractivity contribution in [3.05, 3.63) is 47.3 Å². The number of benzene rings is 1. The van der Waals surface area contributed by atoms with Gasteiger partial charge in [-0.1, -0.05) is 5.21 Å². The van der Waals surface area contributed by atoms with E-state index < -0.39 is 17.7 Å². The molecular formula is C11H12F2N4. The van der Waals surface area contributed by atoms with Gasteiger partial charge in [0.05, 0.1) is 5.69 Å². The van der Waals surface area contributed by atoms with E-state index in [1.165, 1.54) is 12.1 Å². The van der Waals surface area contributed by atoms with E-state index in [0.717, 1.165) is 6.07 Å². The van der Waals surface area contributed by atoms with E-state index in [0.29, 0.717) is 17.7 Å². The molecule has 90 valence electrons. The lowest BCUT2D eigenvalue weighted by Gasteiger charge is -2.10. The van der Waals surface area contributed by atoms with Crippen LogP contribution in [0, 0.1) is 11.6 Å². The highest BCUT2D eigenvalue weighted by Crippen LogP contribution is 2.17. The third-order valence-electron chi connectivity index (χ3n) is 2.39. The fourth-order valence-electron chi connectivity index (χ4n) is 1.62. The Hall–Kier alpha value is -1.82. The van der Waals surface area contributed by atoms with Crippen LogP contribution in [0.3, 0.4) is 0 Å². The highest BCUT2D eigenvalue weighted by Gasteiger charge is 2.11. The quantitative estimate of drug-likeness (QED) is 0.877. The Morgan fingerprint density at radius 2 is 1.94 bits per heavy atom. The van der Waals surface area contributed by atoms with Gasteiger partial charge in [0.1, 0.15) is 11.6 Å². The zero-order valence-electron chi connectivity index (χ0n) is 9.27. The lowest BCUT2D eigenvalue weighted by molar-refractivity contribution is 0.572. The summed E-state index contributed by atoms with van der Waals surface area (Å²) < 4.78 is 27.6. The summed E-state index contributed by atoms with van der Waals surface area (Å²) in [6.45, 7) is 0. The van der Waals surface area contributed by atoms with E-state index in [-0.39, 0.29) is 0 Å². The average molecular weight is 238 g/mol. The van der Waals surface area contributed by atoms with Crippen LogP contribution < -0.4 is 5.73 Å². The van der Waals surface area contributed by atoms with Crippen LogP contribution >= 0.6 is 0 Å². The van der Waals surface area contributed by atoms with Crippen LogP contribution in [0.5, 0.6) is 0 Å². The van der Waals surface area contributed by atoms with Crippen molar-refractivity contribution in [1.29, 1.82) is 0 Å². The Morgan fingerprint density at radius 3 is 2.47 bits per heavy atom. The van der Waals surface area contributed by atoms with Gasteiger partial charge in [-0.15, -0.1) is 5.10 Å². The number of rotatable bonds is 3. The Morgan fingerprint density at radius 1 is 1.29 bits per heavy atom. The number of nitrogens with zero attached hydrogens (tertiary/aromatic N) is 3. The van der Waals surface area contributed by atoms with E-state index >= 15 is 0 Å². The summed E-state index contributed by atoms with van der Waals surface area (Å²) in [5.41, 5.74) is 6.96. The molecule has 0 bridgehead atoms. The lowest BCUT2D eigenvalue weighted by atomic mass is 10.0. The van der Waals surface area contributed by atoms with Crippen molar-refractivity contribution in [1.82, 2.24) is 15.0 Å². The zero-order valence-corrected chi connectivity index (χ0v) is 9.27. The van der Waals surface area contributed by atoms with Crippen molar-refractivity contribution in [3.63, 3.8) is 0 Å². The summed E-state index contributed by atoms with van der Waals surface area (Å²) in [5, 5.41) is 7.63. The highest BCUT2D eigenvalue weighted by molar-refractivity contribution is 5.22. The first-order valence-electron chi connectivity index (χ1n) is 5.11. The molecule has 6 heteroatoms. The fraction of sp³-hybridized carbons (Fsp3) is 0.273. The number of hydrogen-bond acceptors (Lipinski definition) is 3. The van der Waals surface area contributed by atoms with Crippen LogP contribution in [0.2, 0.25) is 0 Å². The van der Waals surface area contributed by atoms with Crippen molar-refractivity contribution in [2.45, 2.75) is 12.5 Å². The minimum absolute atomic E-state index is 0.386. The first kappa shape index (κ1) is 11.7. The first-order chi connectivity index (χ1) is 8.04. The summed E-state index contributed by atoms with van der Waals surface area (Å²) >= 11 is 0. The second-order valence-electron chi connectivity index (χ2n) is 3.90. The van der Waals surface area contributed by atoms with Crippen molar-refractivity contribution in [2.75, 3.05) is 0 Å². The lowest BCUT2D eigenvalue weighted by Crippen LogP contribution is -2.14. The monoisotopic (exact) mass is 238 g/mol. The topological polar surface area (TPSA) is 56.7 Å². The van der Waals surface area contributed by atoms with Crippen molar-refractivity contribution < 1.29 is 8.78 Å². The van der Waals surface area contributed by atoms with E-state index in [4.69, 9.17) is 5.73 Å². The Balaban J connectivity index is 2.16. The molecule has 0 aliphatic rings. The maximum atomic E-state index is 13.0. The Kier molecular flexibility index (Phi) is 3.14. The van der Waals surface area contributed by atoms with E-state index in [1.807, 2.05) is 0 Å². The van der Waals surface area contributed by atoms with Crippen LogP contribution in [0.25, 0.3) is 0 Å². The molecule has 0 fully saturated rings. The van der Waals surface area contributed by atoms with E-state index in [1.54, 1.807) is 17.9 Å². The molecule has 0 saturated heterocycles. The smallest absolute Gasteiger partial charge is 0.126 e. The molecule has 1 heterocycles. The molecule has 0 saturated carbocycles. The molecule has 0 amide bonds. The number of aryl methyl sites for hydroxylation is 1. The summed E-state index contributed by atoms with van der Waals surface area (Å²) in [5.74, 6) is -1.26. The third kappa shape index (κ3) is 2.85. The van der Waals surface area contributed by atoms with Gasteiger partial charge in [-0.3, -0.25) is 4.68 Å². The molecule has 0 aliphatic heterocycles. The molecule has 1 aromatic heterocycles. The molecule has 1 atom stereocenters. The van der Waals surface area contributed by atoms with Gasteiger partial charge in [0.25, 0.3) is 0 Å². The maximum Gasteiger partial charge on any atom is 0.126 e. The zero-order chi connectivity index (χ0) is 12.4. The molecule has 17 heavy (non-hydrogen) atoms. The second-order valence-corrected chi connectivity index (χ2v) is 3.90. The average Bonchev–Trinajstić information content (AvgIpc) is 2.62. The first-order valence-corrected chi connectivity index (χ1v) is 5.11. The SMILES string of the molecule is Cn1cc(CC(N)c2cc(F)cc(F)c2)nn1.